The van der Waals surface area contributed by atoms with Crippen LogP contribution in [-0.4, -0.2) is 20.2 Å². The second kappa shape index (κ2) is 4.15. The number of para-hydroxylation sites is 2. The summed E-state index contributed by atoms with van der Waals surface area (Å²) in [5.41, 5.74) is 10.1. The minimum atomic E-state index is 0.0488. The maximum atomic E-state index is 7.60. The molecule has 5 nitrogen and oxygen atoms in total. The predicted octanol–water partition coefficient (Wildman–Crippen LogP) is 3.06. The van der Waals surface area contributed by atoms with Gasteiger partial charge in [-0.1, -0.05) is 23.5 Å². The summed E-state index contributed by atoms with van der Waals surface area (Å²) in [7, 11) is 0. The third kappa shape index (κ3) is 1.49. The van der Waals surface area contributed by atoms with Crippen LogP contribution in [0.25, 0.3) is 26.6 Å². The maximum absolute atomic E-state index is 7.60. The van der Waals surface area contributed by atoms with E-state index in [4.69, 9.17) is 16.1 Å². The molecule has 0 amide bonds. The molecule has 0 spiro atoms. The lowest BCUT2D eigenvalue weighted by atomic mass is 10.1. The largest absolute Gasteiger partial charge is 0.382 e. The van der Waals surface area contributed by atoms with Crippen LogP contribution in [0.2, 0.25) is 0 Å². The van der Waals surface area contributed by atoms with Gasteiger partial charge in [0.25, 0.3) is 0 Å². The number of thiazole rings is 2. The van der Waals surface area contributed by atoms with E-state index in [2.05, 4.69) is 15.5 Å². The number of aryl methyl sites for hydroxylation is 2. The second-order valence-electron chi connectivity index (χ2n) is 5.30. The van der Waals surface area contributed by atoms with Crippen LogP contribution in [0.15, 0.2) is 24.3 Å². The number of nitrogen functional groups attached to an aromatic ring is 1. The van der Waals surface area contributed by atoms with Gasteiger partial charge in [0.2, 0.25) is 0 Å². The molecule has 7 heteroatoms. The van der Waals surface area contributed by atoms with Gasteiger partial charge in [0.05, 0.1) is 21.6 Å². The first-order valence-corrected chi connectivity index (χ1v) is 8.59. The molecule has 3 aromatic heterocycles. The molecule has 3 N–H and O–H groups in total. The van der Waals surface area contributed by atoms with Gasteiger partial charge in [0, 0.05) is 10.6 Å². The van der Waals surface area contributed by atoms with Crippen LogP contribution in [0.3, 0.4) is 0 Å². The zero-order valence-corrected chi connectivity index (χ0v) is 13.1. The van der Waals surface area contributed by atoms with Crippen LogP contribution in [-0.2, 0) is 12.8 Å². The van der Waals surface area contributed by atoms with Gasteiger partial charge in [-0.05, 0) is 25.0 Å². The van der Waals surface area contributed by atoms with Crippen LogP contribution in [0.1, 0.15) is 15.6 Å². The summed E-state index contributed by atoms with van der Waals surface area (Å²) in [6.07, 6.45) is 1.92. The average molecular weight is 325 g/mol. The van der Waals surface area contributed by atoms with Gasteiger partial charge >= 0.3 is 0 Å². The Bertz CT molecular complexity index is 1070. The van der Waals surface area contributed by atoms with Gasteiger partial charge in [-0.15, -0.1) is 11.3 Å². The highest BCUT2D eigenvalue weighted by Gasteiger charge is 2.27. The number of hydrogen-bond acceptors (Lipinski definition) is 5. The highest BCUT2D eigenvalue weighted by atomic mass is 32.1. The number of rotatable bonds is 1. The molecule has 0 saturated carbocycles. The number of benzene rings is 1. The van der Waals surface area contributed by atoms with E-state index in [-0.39, 0.29) is 5.84 Å². The van der Waals surface area contributed by atoms with Gasteiger partial charge < -0.3 is 5.73 Å². The molecule has 0 unspecified atom stereocenters. The Morgan fingerprint density at radius 3 is 2.91 bits per heavy atom. The Hall–Kier alpha value is -2.25. The molecule has 0 fully saturated rings. The normalized spacial score (nSPS) is 13.5. The molecule has 1 aromatic carbocycles. The van der Waals surface area contributed by atoms with E-state index in [9.17, 15) is 0 Å². The van der Waals surface area contributed by atoms with Crippen molar-refractivity contribution in [3.8, 4) is 10.6 Å². The minimum absolute atomic E-state index is 0.0488. The Labute approximate surface area is 133 Å². The summed E-state index contributed by atoms with van der Waals surface area (Å²) in [4.78, 5) is 12.7. The average Bonchev–Trinajstić information content (AvgIpc) is 3.17. The van der Waals surface area contributed by atoms with Gasteiger partial charge in [-0.25, -0.2) is 9.97 Å². The Kier molecular flexibility index (Phi) is 2.32. The van der Waals surface area contributed by atoms with Crippen LogP contribution < -0.4 is 5.73 Å². The van der Waals surface area contributed by atoms with E-state index in [1.165, 1.54) is 26.8 Å². The highest BCUT2D eigenvalue weighted by molar-refractivity contribution is 7.21. The first kappa shape index (κ1) is 12.3. The van der Waals surface area contributed by atoms with Crippen molar-refractivity contribution in [1.82, 2.24) is 14.4 Å². The van der Waals surface area contributed by atoms with Crippen LogP contribution >= 0.6 is 22.7 Å². The molecular weight excluding hydrogens is 314 g/mol. The molecular formula is C15H11N5S2. The molecule has 5 rings (SSSR count). The monoisotopic (exact) mass is 325 g/mol. The number of amidine groups is 1. The van der Waals surface area contributed by atoms with E-state index < -0.39 is 0 Å². The molecule has 0 saturated heterocycles. The molecule has 0 aliphatic heterocycles. The Morgan fingerprint density at radius 1 is 1.18 bits per heavy atom. The number of imidazole rings is 1. The van der Waals surface area contributed by atoms with E-state index in [0.717, 1.165) is 34.5 Å². The van der Waals surface area contributed by atoms with Crippen LogP contribution in [0.5, 0.6) is 0 Å². The molecule has 22 heavy (non-hydrogen) atoms. The predicted molar refractivity (Wildman–Crippen MR) is 90.1 cm³/mol. The van der Waals surface area contributed by atoms with E-state index in [1.807, 2.05) is 18.2 Å². The zero-order valence-electron chi connectivity index (χ0n) is 11.5. The van der Waals surface area contributed by atoms with Gasteiger partial charge in [0.15, 0.2) is 15.8 Å². The fourth-order valence-electron chi connectivity index (χ4n) is 3.04. The van der Waals surface area contributed by atoms with E-state index in [1.54, 1.807) is 11.3 Å². The number of aromatic nitrogens is 3. The molecule has 0 bridgehead atoms. The number of nitrogens with one attached hydrogen (secondary N) is 1. The van der Waals surface area contributed by atoms with Gasteiger partial charge in [-0.2, -0.15) is 0 Å². The van der Waals surface area contributed by atoms with Crippen molar-refractivity contribution in [3.05, 3.63) is 39.8 Å². The smallest absolute Gasteiger partial charge is 0.195 e. The first-order chi connectivity index (χ1) is 10.7. The molecule has 0 atom stereocenters. The van der Waals surface area contributed by atoms with Crippen molar-refractivity contribution in [2.24, 2.45) is 5.73 Å². The Morgan fingerprint density at radius 2 is 2.05 bits per heavy atom. The summed E-state index contributed by atoms with van der Waals surface area (Å²) >= 11 is 3.22. The van der Waals surface area contributed by atoms with Crippen LogP contribution in [0, 0.1) is 5.41 Å². The summed E-state index contributed by atoms with van der Waals surface area (Å²) in [6.45, 7) is 0. The summed E-state index contributed by atoms with van der Waals surface area (Å²) < 4.78 is 2.26. The lowest BCUT2D eigenvalue weighted by Gasteiger charge is -2.10. The number of nitrogens with zero attached hydrogens (tertiary/aromatic N) is 3. The lowest BCUT2D eigenvalue weighted by molar-refractivity contribution is 0.903. The van der Waals surface area contributed by atoms with Crippen molar-refractivity contribution in [2.75, 3.05) is 0 Å². The summed E-state index contributed by atoms with van der Waals surface area (Å²) in [5, 5.41) is 8.22. The number of fused-ring (bicyclic) bond motifs is 7. The van der Waals surface area contributed by atoms with Crippen molar-refractivity contribution in [3.63, 3.8) is 0 Å². The SMILES string of the molecule is N=C(N)c1nc2c(s1)CCc1c-2sc2nc3ccccc3n12. The number of nitrogens with two attached hydrogens (primary N) is 1. The fourth-order valence-corrected chi connectivity index (χ4v) is 5.24. The van der Waals surface area contributed by atoms with Gasteiger partial charge in [-0.3, -0.25) is 9.81 Å². The Balaban J connectivity index is 1.84. The van der Waals surface area contributed by atoms with Crippen molar-refractivity contribution in [2.45, 2.75) is 12.8 Å². The van der Waals surface area contributed by atoms with Crippen molar-refractivity contribution < 1.29 is 0 Å². The lowest BCUT2D eigenvalue weighted by Crippen LogP contribution is -2.10. The van der Waals surface area contributed by atoms with E-state index >= 15 is 0 Å². The third-order valence-corrected chi connectivity index (χ3v) is 6.23. The minimum Gasteiger partial charge on any atom is -0.382 e. The maximum Gasteiger partial charge on any atom is 0.195 e. The zero-order chi connectivity index (χ0) is 14.8. The highest BCUT2D eigenvalue weighted by Crippen LogP contribution is 2.42. The van der Waals surface area contributed by atoms with Gasteiger partial charge in [0.1, 0.15) is 0 Å². The molecule has 1 aliphatic carbocycles. The van der Waals surface area contributed by atoms with Crippen LogP contribution in [0.4, 0.5) is 0 Å². The fraction of sp³-hybridized carbons (Fsp3) is 0.133. The topological polar surface area (TPSA) is 80.1 Å². The molecule has 3 heterocycles. The third-order valence-electron chi connectivity index (χ3n) is 3.99. The van der Waals surface area contributed by atoms with Crippen molar-refractivity contribution >= 4 is 44.5 Å². The molecule has 108 valence electrons. The molecule has 4 aromatic rings. The summed E-state index contributed by atoms with van der Waals surface area (Å²) in [6, 6.07) is 8.22. The second-order valence-corrected chi connectivity index (χ2v) is 7.36. The van der Waals surface area contributed by atoms with Crippen molar-refractivity contribution in [1.29, 1.82) is 5.41 Å². The summed E-state index contributed by atoms with van der Waals surface area (Å²) in [5.74, 6) is 0.0488. The standard InChI is InChI=1S/C15H11N5S2/c16-13(17)14-19-11-10(21-14)6-5-9-12(11)22-15-18-7-3-1-2-4-8(7)20(9)15/h1-4H,5-6H2,(H3,16,17). The van der Waals surface area contributed by atoms with E-state index in [0.29, 0.717) is 5.01 Å². The molecule has 0 radical (unpaired) electrons. The quantitative estimate of drug-likeness (QED) is 0.417. The molecule has 1 aliphatic rings. The first-order valence-electron chi connectivity index (χ1n) is 6.95. The number of hydrogen-bond donors (Lipinski definition) is 2.